The maximum absolute atomic E-state index is 13.6. The average Bonchev–Trinajstić information content (AvgIpc) is 3.15. The summed E-state index contributed by atoms with van der Waals surface area (Å²) in [6, 6.07) is 2.04. The third-order valence-electron chi connectivity index (χ3n) is 5.45. The zero-order chi connectivity index (χ0) is 19.9. The molecule has 1 heterocycles. The summed E-state index contributed by atoms with van der Waals surface area (Å²) in [5, 5.41) is 1.94. The molecule has 1 aromatic carbocycles. The number of hydrogen-bond acceptors (Lipinski definition) is 2. The smallest absolute Gasteiger partial charge is 0.347 e. The van der Waals surface area contributed by atoms with Crippen molar-refractivity contribution in [3.8, 4) is 0 Å². The van der Waals surface area contributed by atoms with Crippen LogP contribution in [0.25, 0.3) is 11.0 Å². The first kappa shape index (κ1) is 19.6. The molecule has 0 bridgehead atoms. The highest BCUT2D eigenvalue weighted by Gasteiger charge is 2.39. The third-order valence-corrected chi connectivity index (χ3v) is 5.45. The molecule has 1 aliphatic rings. The summed E-state index contributed by atoms with van der Waals surface area (Å²) < 4.78 is 65.6. The average molecular weight is 389 g/mol. The highest BCUT2D eigenvalue weighted by molar-refractivity contribution is 5.78. The molecule has 4 atom stereocenters. The van der Waals surface area contributed by atoms with E-state index in [0.717, 1.165) is 12.1 Å². The van der Waals surface area contributed by atoms with E-state index in [1.165, 1.54) is 6.33 Å². The molecule has 0 radical (unpaired) electrons. The minimum Gasteiger partial charge on any atom is -0.347 e. The van der Waals surface area contributed by atoms with Crippen LogP contribution in [-0.4, -0.2) is 28.2 Å². The molecule has 27 heavy (non-hydrogen) atoms. The third kappa shape index (κ3) is 4.06. The Bertz CT molecular complexity index is 847. The van der Waals surface area contributed by atoms with Gasteiger partial charge in [-0.2, -0.15) is 13.2 Å². The van der Waals surface area contributed by atoms with E-state index in [-0.39, 0.29) is 17.9 Å². The van der Waals surface area contributed by atoms with Crippen LogP contribution in [0.5, 0.6) is 0 Å². The van der Waals surface area contributed by atoms with Gasteiger partial charge in [0.25, 0.3) is 0 Å². The molecule has 1 amide bonds. The van der Waals surface area contributed by atoms with Crippen LogP contribution in [0.3, 0.4) is 0 Å². The van der Waals surface area contributed by atoms with E-state index < -0.39 is 36.2 Å². The molecule has 4 unspecified atom stereocenters. The Hall–Kier alpha value is -2.19. The maximum atomic E-state index is 13.6. The largest absolute Gasteiger partial charge is 0.405 e. The van der Waals surface area contributed by atoms with Crippen molar-refractivity contribution in [3.05, 3.63) is 30.1 Å². The molecular weight excluding hydrogens is 369 g/mol. The number of aromatic nitrogens is 2. The molecule has 2 aromatic rings. The normalized spacial score (nSPS) is 24.3. The first-order chi connectivity index (χ1) is 12.6. The summed E-state index contributed by atoms with van der Waals surface area (Å²) in [5.74, 6) is -3.19. The topological polar surface area (TPSA) is 46.9 Å². The number of fused-ring (bicyclic) bond motifs is 1. The van der Waals surface area contributed by atoms with Gasteiger partial charge in [0.1, 0.15) is 6.54 Å². The van der Waals surface area contributed by atoms with Crippen molar-refractivity contribution in [1.82, 2.24) is 14.9 Å². The van der Waals surface area contributed by atoms with Crippen LogP contribution in [0.4, 0.5) is 22.0 Å². The van der Waals surface area contributed by atoms with Crippen molar-refractivity contribution < 1.29 is 26.7 Å². The lowest BCUT2D eigenvalue weighted by Gasteiger charge is -2.23. The summed E-state index contributed by atoms with van der Waals surface area (Å²) in [6.45, 7) is 2.21. The van der Waals surface area contributed by atoms with Gasteiger partial charge in [-0.05, 0) is 24.7 Å². The fourth-order valence-corrected chi connectivity index (χ4v) is 4.03. The second-order valence-corrected chi connectivity index (χ2v) is 7.29. The number of imidazole rings is 1. The van der Waals surface area contributed by atoms with Crippen LogP contribution in [0.1, 0.15) is 32.7 Å². The fourth-order valence-electron chi connectivity index (χ4n) is 4.03. The highest BCUT2D eigenvalue weighted by atomic mass is 19.4. The van der Waals surface area contributed by atoms with Crippen LogP contribution in [0.2, 0.25) is 0 Å². The molecule has 9 heteroatoms. The van der Waals surface area contributed by atoms with Gasteiger partial charge >= 0.3 is 6.18 Å². The number of rotatable bonds is 4. The van der Waals surface area contributed by atoms with Crippen molar-refractivity contribution in [3.63, 3.8) is 0 Å². The van der Waals surface area contributed by atoms with Crippen LogP contribution in [0.15, 0.2) is 18.5 Å². The highest BCUT2D eigenvalue weighted by Crippen LogP contribution is 2.44. The fraction of sp³-hybridized carbons (Fsp3) is 0.556. The number of alkyl halides is 3. The Morgan fingerprint density at radius 1 is 1.30 bits per heavy atom. The van der Waals surface area contributed by atoms with Crippen molar-refractivity contribution in [2.24, 2.45) is 17.8 Å². The number of nitrogens with zero attached hydrogens (tertiary/aromatic N) is 2. The van der Waals surface area contributed by atoms with Crippen LogP contribution in [-0.2, 0) is 4.79 Å². The van der Waals surface area contributed by atoms with Gasteiger partial charge in [-0.1, -0.05) is 13.8 Å². The quantitative estimate of drug-likeness (QED) is 0.796. The van der Waals surface area contributed by atoms with Gasteiger partial charge in [0.15, 0.2) is 11.6 Å². The number of carbonyl (C=O) groups excluding carboxylic acids is 1. The van der Waals surface area contributed by atoms with Crippen molar-refractivity contribution in [2.75, 3.05) is 6.54 Å². The Labute approximate surface area is 152 Å². The number of hydrogen-bond donors (Lipinski definition) is 1. The predicted molar refractivity (Wildman–Crippen MR) is 88.8 cm³/mol. The molecule has 0 spiro atoms. The minimum absolute atomic E-state index is 0.0854. The molecule has 0 aliphatic heterocycles. The van der Waals surface area contributed by atoms with Crippen LogP contribution in [0, 0.1) is 29.4 Å². The molecular formula is C18H20F5N3O. The lowest BCUT2D eigenvalue weighted by molar-refractivity contribution is -0.141. The number of carbonyl (C=O) groups is 1. The summed E-state index contributed by atoms with van der Waals surface area (Å²) in [4.78, 5) is 16.2. The summed E-state index contributed by atoms with van der Waals surface area (Å²) in [6.07, 6.45) is -1.72. The standard InChI is InChI=1S/C18H20F5N3O/c1-9-3-11(4-12(9)10(2)17(27)24-7-18(21,22)23)26-8-25-15-5-13(19)14(20)6-16(15)26/h5-6,8-12H,3-4,7H2,1-2H3,(H,24,27). The van der Waals surface area contributed by atoms with E-state index in [9.17, 15) is 26.7 Å². The Morgan fingerprint density at radius 2 is 1.96 bits per heavy atom. The van der Waals surface area contributed by atoms with Gasteiger partial charge in [0, 0.05) is 24.1 Å². The molecule has 1 saturated carbocycles. The van der Waals surface area contributed by atoms with Crippen molar-refractivity contribution in [2.45, 2.75) is 38.9 Å². The van der Waals surface area contributed by atoms with Crippen LogP contribution >= 0.6 is 0 Å². The molecule has 1 fully saturated rings. The lowest BCUT2D eigenvalue weighted by atomic mass is 9.85. The molecule has 148 valence electrons. The summed E-state index contributed by atoms with van der Waals surface area (Å²) in [5.41, 5.74) is 0.793. The Kier molecular flexibility index (Phi) is 5.14. The van der Waals surface area contributed by atoms with E-state index in [0.29, 0.717) is 23.9 Å². The predicted octanol–water partition coefficient (Wildman–Crippen LogP) is 4.22. The van der Waals surface area contributed by atoms with Gasteiger partial charge in [-0.25, -0.2) is 13.8 Å². The van der Waals surface area contributed by atoms with Crippen molar-refractivity contribution in [1.29, 1.82) is 0 Å². The Balaban J connectivity index is 1.74. The van der Waals surface area contributed by atoms with Gasteiger partial charge in [-0.3, -0.25) is 4.79 Å². The molecule has 1 aliphatic carbocycles. The minimum atomic E-state index is -4.45. The SMILES string of the molecule is CC1CC(n2cnc3cc(F)c(F)cc32)CC1C(C)C(=O)NCC(F)(F)F. The second kappa shape index (κ2) is 7.09. The zero-order valence-electron chi connectivity index (χ0n) is 14.9. The summed E-state index contributed by atoms with van der Waals surface area (Å²) in [7, 11) is 0. The van der Waals surface area contributed by atoms with E-state index in [2.05, 4.69) is 4.98 Å². The van der Waals surface area contributed by atoms with Crippen molar-refractivity contribution >= 4 is 16.9 Å². The number of amides is 1. The van der Waals surface area contributed by atoms with E-state index >= 15 is 0 Å². The number of benzene rings is 1. The molecule has 3 rings (SSSR count). The first-order valence-electron chi connectivity index (χ1n) is 8.73. The van der Waals surface area contributed by atoms with Gasteiger partial charge in [0.05, 0.1) is 17.4 Å². The van der Waals surface area contributed by atoms with Crippen LogP contribution < -0.4 is 5.32 Å². The monoisotopic (exact) mass is 389 g/mol. The molecule has 1 N–H and O–H groups in total. The number of halogens is 5. The van der Waals surface area contributed by atoms with E-state index in [1.54, 1.807) is 11.5 Å². The maximum Gasteiger partial charge on any atom is 0.405 e. The zero-order valence-corrected chi connectivity index (χ0v) is 14.9. The lowest BCUT2D eigenvalue weighted by Crippen LogP contribution is -2.39. The number of nitrogens with one attached hydrogen (secondary N) is 1. The second-order valence-electron chi connectivity index (χ2n) is 7.29. The summed E-state index contributed by atoms with van der Waals surface area (Å²) >= 11 is 0. The molecule has 1 aromatic heterocycles. The Morgan fingerprint density at radius 3 is 2.63 bits per heavy atom. The molecule has 4 nitrogen and oxygen atoms in total. The first-order valence-corrected chi connectivity index (χ1v) is 8.73. The molecule has 0 saturated heterocycles. The van der Waals surface area contributed by atoms with E-state index in [1.807, 2.05) is 12.2 Å². The van der Waals surface area contributed by atoms with E-state index in [4.69, 9.17) is 0 Å². The van der Waals surface area contributed by atoms with Gasteiger partial charge < -0.3 is 9.88 Å². The van der Waals surface area contributed by atoms with Gasteiger partial charge in [-0.15, -0.1) is 0 Å². The van der Waals surface area contributed by atoms with Gasteiger partial charge in [0.2, 0.25) is 5.91 Å².